The Kier molecular flexibility index (Phi) is 2.27. The fourth-order valence-electron chi connectivity index (χ4n) is 0.852. The molecule has 0 aromatic carbocycles. The average molecular weight is 195 g/mol. The van der Waals surface area contributed by atoms with Crippen molar-refractivity contribution in [2.75, 3.05) is 0 Å². The zero-order valence-electron chi connectivity index (χ0n) is 6.57. The van der Waals surface area contributed by atoms with E-state index in [1.165, 1.54) is 17.8 Å². The molecule has 0 saturated heterocycles. The Labute approximate surface area is 78.4 Å². The first-order valence-electron chi connectivity index (χ1n) is 3.64. The third kappa shape index (κ3) is 2.06. The lowest BCUT2D eigenvalue weighted by Crippen LogP contribution is -1.84. The lowest BCUT2D eigenvalue weighted by Gasteiger charge is -1.95. The first-order valence-corrected chi connectivity index (χ1v) is 4.46. The molecule has 0 bridgehead atoms. The molecule has 0 saturated carbocycles. The lowest BCUT2D eigenvalue weighted by molar-refractivity contribution is 0.572. The van der Waals surface area contributed by atoms with Crippen LogP contribution in [0.25, 0.3) is 0 Å². The van der Waals surface area contributed by atoms with Crippen LogP contribution in [0.1, 0.15) is 0 Å². The number of nitrogens with one attached hydrogen (secondary N) is 1. The van der Waals surface area contributed by atoms with E-state index >= 15 is 0 Å². The third-order valence-corrected chi connectivity index (χ3v) is 2.22. The molecule has 13 heavy (non-hydrogen) atoms. The number of aromatic amines is 1. The van der Waals surface area contributed by atoms with Crippen molar-refractivity contribution >= 4 is 11.8 Å². The standard InChI is InChI=1S/C8H6FN3S/c9-6-2-1-3-7(12-6)13-8-10-4-5-11-8/h1-5H,(H,10,11). The first-order chi connectivity index (χ1) is 6.34. The van der Waals surface area contributed by atoms with Crippen LogP contribution in [-0.4, -0.2) is 15.0 Å². The highest BCUT2D eigenvalue weighted by molar-refractivity contribution is 7.99. The molecule has 0 radical (unpaired) electrons. The average Bonchev–Trinajstić information content (AvgIpc) is 2.57. The lowest BCUT2D eigenvalue weighted by atomic mass is 10.5. The van der Waals surface area contributed by atoms with Gasteiger partial charge in [-0.25, -0.2) is 9.97 Å². The molecule has 66 valence electrons. The molecule has 0 fully saturated rings. The minimum atomic E-state index is -0.475. The summed E-state index contributed by atoms with van der Waals surface area (Å²) in [5.41, 5.74) is 0. The second-order valence-electron chi connectivity index (χ2n) is 2.29. The largest absolute Gasteiger partial charge is 0.339 e. The van der Waals surface area contributed by atoms with Gasteiger partial charge in [-0.1, -0.05) is 6.07 Å². The molecule has 0 amide bonds. The molecule has 5 heteroatoms. The van der Waals surface area contributed by atoms with Crippen molar-refractivity contribution in [2.45, 2.75) is 10.2 Å². The van der Waals surface area contributed by atoms with E-state index in [1.807, 2.05) is 0 Å². The van der Waals surface area contributed by atoms with Crippen molar-refractivity contribution in [1.82, 2.24) is 15.0 Å². The van der Waals surface area contributed by atoms with Crippen LogP contribution in [-0.2, 0) is 0 Å². The van der Waals surface area contributed by atoms with Crippen LogP contribution in [0.3, 0.4) is 0 Å². The van der Waals surface area contributed by atoms with E-state index in [0.717, 1.165) is 0 Å². The Morgan fingerprint density at radius 3 is 3.00 bits per heavy atom. The van der Waals surface area contributed by atoms with E-state index in [4.69, 9.17) is 0 Å². The van der Waals surface area contributed by atoms with Gasteiger partial charge in [0, 0.05) is 12.4 Å². The normalized spacial score (nSPS) is 10.2. The molecule has 0 unspecified atom stereocenters. The number of hydrogen-bond acceptors (Lipinski definition) is 3. The van der Waals surface area contributed by atoms with Crippen molar-refractivity contribution in [3.63, 3.8) is 0 Å². The maximum Gasteiger partial charge on any atom is 0.213 e. The van der Waals surface area contributed by atoms with E-state index in [2.05, 4.69) is 15.0 Å². The minimum absolute atomic E-state index is 0.475. The van der Waals surface area contributed by atoms with Gasteiger partial charge in [0.2, 0.25) is 5.95 Å². The van der Waals surface area contributed by atoms with Crippen molar-refractivity contribution in [2.24, 2.45) is 0 Å². The van der Waals surface area contributed by atoms with Crippen molar-refractivity contribution in [1.29, 1.82) is 0 Å². The van der Waals surface area contributed by atoms with Crippen LogP contribution < -0.4 is 0 Å². The molecule has 0 aliphatic rings. The Hall–Kier alpha value is -1.36. The molecule has 2 aromatic rings. The van der Waals surface area contributed by atoms with Crippen LogP contribution in [0.2, 0.25) is 0 Å². The van der Waals surface area contributed by atoms with Crippen LogP contribution in [0.5, 0.6) is 0 Å². The number of pyridine rings is 1. The number of halogens is 1. The summed E-state index contributed by atoms with van der Waals surface area (Å²) >= 11 is 1.29. The third-order valence-electron chi connectivity index (χ3n) is 1.36. The van der Waals surface area contributed by atoms with Gasteiger partial charge >= 0.3 is 0 Å². The van der Waals surface area contributed by atoms with Crippen molar-refractivity contribution in [3.8, 4) is 0 Å². The predicted molar refractivity (Wildman–Crippen MR) is 46.9 cm³/mol. The topological polar surface area (TPSA) is 41.6 Å². The Bertz CT molecular complexity index is 388. The maximum atomic E-state index is 12.6. The minimum Gasteiger partial charge on any atom is -0.339 e. The van der Waals surface area contributed by atoms with Gasteiger partial charge in [-0.15, -0.1) is 0 Å². The van der Waals surface area contributed by atoms with Crippen LogP contribution >= 0.6 is 11.8 Å². The molecule has 3 nitrogen and oxygen atoms in total. The number of rotatable bonds is 2. The van der Waals surface area contributed by atoms with Crippen molar-refractivity contribution in [3.05, 3.63) is 36.5 Å². The molecule has 2 heterocycles. The van der Waals surface area contributed by atoms with E-state index in [0.29, 0.717) is 10.2 Å². The molecule has 0 atom stereocenters. The molecule has 2 aromatic heterocycles. The number of H-pyrrole nitrogens is 1. The molecular weight excluding hydrogens is 189 g/mol. The molecule has 1 N–H and O–H groups in total. The quantitative estimate of drug-likeness (QED) is 0.746. The first kappa shape index (κ1) is 8.25. The SMILES string of the molecule is Fc1cccc(Sc2ncc[nH]2)n1. The fraction of sp³-hybridized carbons (Fsp3) is 0. The molecule has 0 spiro atoms. The van der Waals surface area contributed by atoms with E-state index in [1.54, 1.807) is 24.5 Å². The highest BCUT2D eigenvalue weighted by Gasteiger charge is 2.00. The summed E-state index contributed by atoms with van der Waals surface area (Å²) in [6.45, 7) is 0. The van der Waals surface area contributed by atoms with Gasteiger partial charge in [-0.2, -0.15) is 4.39 Å². The summed E-state index contributed by atoms with van der Waals surface area (Å²) in [6.07, 6.45) is 3.35. The number of imidazole rings is 1. The molecule has 0 aliphatic carbocycles. The summed E-state index contributed by atoms with van der Waals surface area (Å²) < 4.78 is 12.6. The summed E-state index contributed by atoms with van der Waals surface area (Å²) in [6, 6.07) is 4.66. The highest BCUT2D eigenvalue weighted by Crippen LogP contribution is 2.21. The monoisotopic (exact) mass is 195 g/mol. The molecule has 2 rings (SSSR count). The van der Waals surface area contributed by atoms with E-state index in [9.17, 15) is 4.39 Å². The van der Waals surface area contributed by atoms with E-state index in [-0.39, 0.29) is 0 Å². The zero-order chi connectivity index (χ0) is 9.10. The van der Waals surface area contributed by atoms with E-state index < -0.39 is 5.95 Å². The summed E-state index contributed by atoms with van der Waals surface area (Å²) in [5, 5.41) is 1.30. The number of nitrogens with zero attached hydrogens (tertiary/aromatic N) is 2. The molecular formula is C8H6FN3S. The van der Waals surface area contributed by atoms with Gasteiger partial charge in [0.25, 0.3) is 0 Å². The number of hydrogen-bond donors (Lipinski definition) is 1. The zero-order valence-corrected chi connectivity index (χ0v) is 7.38. The maximum absolute atomic E-state index is 12.6. The highest BCUT2D eigenvalue weighted by atomic mass is 32.2. The Balaban J connectivity index is 2.19. The van der Waals surface area contributed by atoms with Gasteiger partial charge in [0.1, 0.15) is 5.03 Å². The Morgan fingerprint density at radius 2 is 2.31 bits per heavy atom. The Morgan fingerprint density at radius 1 is 1.38 bits per heavy atom. The van der Waals surface area contributed by atoms with Crippen LogP contribution in [0.4, 0.5) is 4.39 Å². The predicted octanol–water partition coefficient (Wildman–Crippen LogP) is 2.09. The van der Waals surface area contributed by atoms with Crippen LogP contribution in [0, 0.1) is 5.95 Å². The second-order valence-corrected chi connectivity index (χ2v) is 3.30. The van der Waals surface area contributed by atoms with Gasteiger partial charge in [-0.05, 0) is 23.9 Å². The molecule has 0 aliphatic heterocycles. The summed E-state index contributed by atoms with van der Waals surface area (Å²) in [7, 11) is 0. The second kappa shape index (κ2) is 3.57. The summed E-state index contributed by atoms with van der Waals surface area (Å²) in [5.74, 6) is -0.475. The van der Waals surface area contributed by atoms with Gasteiger partial charge in [-0.3, -0.25) is 0 Å². The van der Waals surface area contributed by atoms with Crippen LogP contribution in [0.15, 0.2) is 40.8 Å². The van der Waals surface area contributed by atoms with Gasteiger partial charge in [0.15, 0.2) is 5.16 Å². The van der Waals surface area contributed by atoms with Crippen molar-refractivity contribution < 1.29 is 4.39 Å². The smallest absolute Gasteiger partial charge is 0.213 e. The summed E-state index contributed by atoms with van der Waals surface area (Å²) in [4.78, 5) is 10.6. The van der Waals surface area contributed by atoms with Gasteiger partial charge < -0.3 is 4.98 Å². The fourth-order valence-corrected chi connectivity index (χ4v) is 1.57. The van der Waals surface area contributed by atoms with Gasteiger partial charge in [0.05, 0.1) is 0 Å². The number of aromatic nitrogens is 3.